The third kappa shape index (κ3) is 4.47. The van der Waals surface area contributed by atoms with Gasteiger partial charge in [-0.2, -0.15) is 0 Å². The number of fused-ring (bicyclic) bond motifs is 1. The number of methoxy groups -OCH3 is 1. The van der Waals surface area contributed by atoms with E-state index in [9.17, 15) is 4.79 Å². The van der Waals surface area contributed by atoms with Crippen molar-refractivity contribution in [2.45, 2.75) is 57.3 Å². The van der Waals surface area contributed by atoms with Crippen LogP contribution in [0.1, 0.15) is 44.2 Å². The Morgan fingerprint density at radius 3 is 3.03 bits per heavy atom. The number of nitrogens with one attached hydrogen (secondary N) is 1. The zero-order valence-corrected chi connectivity index (χ0v) is 17.5. The molecule has 1 unspecified atom stereocenters. The minimum absolute atomic E-state index is 0.0295. The molecule has 3 heterocycles. The smallest absolute Gasteiger partial charge is 0.253 e. The van der Waals surface area contributed by atoms with E-state index in [1.807, 2.05) is 12.3 Å². The molecule has 2 aromatic rings. The average Bonchev–Trinajstić information content (AvgIpc) is 3.52. The van der Waals surface area contributed by atoms with E-state index >= 15 is 0 Å². The molecule has 0 aromatic carbocycles. The molecule has 1 amide bonds. The van der Waals surface area contributed by atoms with E-state index in [0.717, 1.165) is 62.0 Å². The van der Waals surface area contributed by atoms with Crippen LogP contribution in [0.4, 0.5) is 0 Å². The summed E-state index contributed by atoms with van der Waals surface area (Å²) in [5.74, 6) is 0.101. The number of carbonyl (C=O) groups excluding carboxylic acids is 1. The minimum Gasteiger partial charge on any atom is -0.385 e. The average molecular weight is 401 g/mol. The number of carbonyl (C=O) groups is 1. The van der Waals surface area contributed by atoms with Crippen molar-refractivity contribution in [2.24, 2.45) is 0 Å². The molecule has 2 aromatic heterocycles. The molecule has 1 aliphatic heterocycles. The van der Waals surface area contributed by atoms with E-state index in [2.05, 4.69) is 39.0 Å². The highest BCUT2D eigenvalue weighted by atomic mass is 16.5. The van der Waals surface area contributed by atoms with Gasteiger partial charge in [-0.25, -0.2) is 0 Å². The van der Waals surface area contributed by atoms with Crippen LogP contribution in [0.25, 0.3) is 11.0 Å². The SMILES string of the molecule is COCCCCn1cc(C(C)N(C(=O)[C@H]2CNCCO2)C2CC2)c2ncccc21. The second-order valence-electron chi connectivity index (χ2n) is 8.07. The van der Waals surface area contributed by atoms with E-state index in [0.29, 0.717) is 19.2 Å². The lowest BCUT2D eigenvalue weighted by molar-refractivity contribution is -0.148. The summed E-state index contributed by atoms with van der Waals surface area (Å²) in [6.45, 7) is 5.82. The fraction of sp³-hybridized carbons (Fsp3) is 0.636. The van der Waals surface area contributed by atoms with E-state index in [4.69, 9.17) is 9.47 Å². The van der Waals surface area contributed by atoms with Crippen molar-refractivity contribution in [3.63, 3.8) is 0 Å². The highest BCUT2D eigenvalue weighted by molar-refractivity contribution is 5.84. The molecule has 7 heteroatoms. The molecule has 0 radical (unpaired) electrons. The molecule has 158 valence electrons. The second kappa shape index (κ2) is 9.24. The van der Waals surface area contributed by atoms with Gasteiger partial charge in [-0.1, -0.05) is 0 Å². The van der Waals surface area contributed by atoms with Crippen molar-refractivity contribution in [3.05, 3.63) is 30.1 Å². The number of nitrogens with zero attached hydrogens (tertiary/aromatic N) is 3. The maximum absolute atomic E-state index is 13.3. The molecule has 1 aliphatic carbocycles. The predicted molar refractivity (Wildman–Crippen MR) is 112 cm³/mol. The molecule has 2 aliphatic rings. The molecule has 7 nitrogen and oxygen atoms in total. The van der Waals surface area contributed by atoms with Gasteiger partial charge in [0.25, 0.3) is 5.91 Å². The van der Waals surface area contributed by atoms with Gasteiger partial charge in [0, 0.05) is 57.3 Å². The predicted octanol–water partition coefficient (Wildman–Crippen LogP) is 2.50. The maximum atomic E-state index is 13.3. The molecule has 1 N–H and O–H groups in total. The first kappa shape index (κ1) is 20.3. The van der Waals surface area contributed by atoms with E-state index in [-0.39, 0.29) is 18.1 Å². The quantitative estimate of drug-likeness (QED) is 0.655. The Morgan fingerprint density at radius 1 is 1.45 bits per heavy atom. The Kier molecular flexibility index (Phi) is 6.47. The van der Waals surface area contributed by atoms with Crippen molar-refractivity contribution in [1.29, 1.82) is 0 Å². The first-order valence-electron chi connectivity index (χ1n) is 10.8. The van der Waals surface area contributed by atoms with Crippen LogP contribution in [-0.4, -0.2) is 65.9 Å². The number of unbranched alkanes of at least 4 members (excludes halogenated alkanes) is 1. The zero-order chi connectivity index (χ0) is 20.2. The van der Waals surface area contributed by atoms with Crippen LogP contribution in [0, 0.1) is 0 Å². The Balaban J connectivity index is 1.59. The Morgan fingerprint density at radius 2 is 2.31 bits per heavy atom. The van der Waals surface area contributed by atoms with Gasteiger partial charge in [0.1, 0.15) is 6.10 Å². The van der Waals surface area contributed by atoms with Gasteiger partial charge < -0.3 is 24.3 Å². The molecule has 1 saturated heterocycles. The summed E-state index contributed by atoms with van der Waals surface area (Å²) in [6.07, 6.45) is 7.86. The van der Waals surface area contributed by atoms with Crippen LogP contribution >= 0.6 is 0 Å². The second-order valence-corrected chi connectivity index (χ2v) is 8.07. The number of rotatable bonds is 9. The summed E-state index contributed by atoms with van der Waals surface area (Å²) < 4.78 is 13.2. The van der Waals surface area contributed by atoms with Crippen molar-refractivity contribution in [2.75, 3.05) is 33.4 Å². The van der Waals surface area contributed by atoms with Crippen LogP contribution in [0.2, 0.25) is 0 Å². The molecule has 0 bridgehead atoms. The number of hydrogen-bond donors (Lipinski definition) is 1. The minimum atomic E-state index is -0.387. The molecule has 2 fully saturated rings. The molecule has 29 heavy (non-hydrogen) atoms. The normalized spacial score (nSPS) is 20.7. The number of amides is 1. The van der Waals surface area contributed by atoms with Crippen LogP contribution in [0.3, 0.4) is 0 Å². The fourth-order valence-electron chi connectivity index (χ4n) is 4.25. The monoisotopic (exact) mass is 400 g/mol. The summed E-state index contributed by atoms with van der Waals surface area (Å²) in [7, 11) is 1.74. The summed E-state index contributed by atoms with van der Waals surface area (Å²) in [5, 5.41) is 3.28. The van der Waals surface area contributed by atoms with E-state index in [1.165, 1.54) is 0 Å². The van der Waals surface area contributed by atoms with Gasteiger partial charge in [0.15, 0.2) is 0 Å². The van der Waals surface area contributed by atoms with Crippen LogP contribution in [-0.2, 0) is 20.8 Å². The first-order valence-corrected chi connectivity index (χ1v) is 10.8. The van der Waals surface area contributed by atoms with Crippen LogP contribution in [0.5, 0.6) is 0 Å². The fourth-order valence-corrected chi connectivity index (χ4v) is 4.25. The van der Waals surface area contributed by atoms with Crippen molar-refractivity contribution in [1.82, 2.24) is 19.8 Å². The molecule has 2 atom stereocenters. The molecular weight excluding hydrogens is 368 g/mol. The molecule has 0 spiro atoms. The van der Waals surface area contributed by atoms with Gasteiger partial charge in [-0.15, -0.1) is 0 Å². The highest BCUT2D eigenvalue weighted by Gasteiger charge is 2.40. The van der Waals surface area contributed by atoms with Crippen molar-refractivity contribution >= 4 is 16.9 Å². The Labute approximate surface area is 172 Å². The number of hydrogen-bond acceptors (Lipinski definition) is 5. The molecule has 4 rings (SSSR count). The van der Waals surface area contributed by atoms with Gasteiger partial charge in [-0.3, -0.25) is 9.78 Å². The van der Waals surface area contributed by atoms with Crippen LogP contribution < -0.4 is 5.32 Å². The number of aromatic nitrogens is 2. The summed E-state index contributed by atoms with van der Waals surface area (Å²) in [6, 6.07) is 4.38. The highest BCUT2D eigenvalue weighted by Crippen LogP contribution is 2.37. The number of pyridine rings is 1. The number of morpholine rings is 1. The van der Waals surface area contributed by atoms with Gasteiger partial charge in [0.2, 0.25) is 0 Å². The summed E-state index contributed by atoms with van der Waals surface area (Å²) in [5.41, 5.74) is 3.25. The van der Waals surface area contributed by atoms with Crippen molar-refractivity contribution in [3.8, 4) is 0 Å². The maximum Gasteiger partial charge on any atom is 0.253 e. The topological polar surface area (TPSA) is 68.6 Å². The van der Waals surface area contributed by atoms with E-state index in [1.54, 1.807) is 7.11 Å². The number of ether oxygens (including phenoxy) is 2. The molecular formula is C22H32N4O3. The van der Waals surface area contributed by atoms with Crippen LogP contribution in [0.15, 0.2) is 24.5 Å². The summed E-state index contributed by atoms with van der Waals surface area (Å²) >= 11 is 0. The largest absolute Gasteiger partial charge is 0.385 e. The zero-order valence-electron chi connectivity index (χ0n) is 17.5. The standard InChI is InChI=1S/C22H32N4O3/c1-16(26(17-7-8-17)22(27)20-14-23-10-13-29-20)18-15-25(11-3-4-12-28-2)19-6-5-9-24-21(18)19/h5-6,9,15-17,20,23H,3-4,7-8,10-14H2,1-2H3/t16?,20-/m1/s1. The Hall–Kier alpha value is -1.96. The first-order chi connectivity index (χ1) is 14.2. The lowest BCUT2D eigenvalue weighted by Gasteiger charge is -2.34. The molecule has 1 saturated carbocycles. The van der Waals surface area contributed by atoms with Gasteiger partial charge in [0.05, 0.1) is 23.7 Å². The van der Waals surface area contributed by atoms with Gasteiger partial charge >= 0.3 is 0 Å². The number of aryl methyl sites for hydroxylation is 1. The lowest BCUT2D eigenvalue weighted by atomic mass is 10.1. The Bertz CT molecular complexity index is 827. The summed E-state index contributed by atoms with van der Waals surface area (Å²) in [4.78, 5) is 20.0. The third-order valence-electron chi connectivity index (χ3n) is 5.93. The van der Waals surface area contributed by atoms with Crippen molar-refractivity contribution < 1.29 is 14.3 Å². The lowest BCUT2D eigenvalue weighted by Crippen LogP contribution is -2.50. The third-order valence-corrected chi connectivity index (χ3v) is 5.93. The van der Waals surface area contributed by atoms with E-state index < -0.39 is 0 Å². The van der Waals surface area contributed by atoms with Gasteiger partial charge in [-0.05, 0) is 44.7 Å².